The molecule has 2 aromatic carbocycles. The predicted octanol–water partition coefficient (Wildman–Crippen LogP) is 2.66. The van der Waals surface area contributed by atoms with E-state index < -0.39 is 5.60 Å². The van der Waals surface area contributed by atoms with Crippen LogP contribution in [0.15, 0.2) is 60.7 Å². The number of hydrogen-bond donors (Lipinski definition) is 3. The average Bonchev–Trinajstić information content (AvgIpc) is 2.91. The number of carboxylic acid groups (broad SMARTS) is 2. The van der Waals surface area contributed by atoms with Crippen LogP contribution >= 0.6 is 0 Å². The number of nitrogens with zero attached hydrogens (tertiary/aromatic N) is 4. The SMILES string of the molecule is Cc1cc(N2CC[C@](O)(c3ccccc3)[C@H](N3CCN(C)CC3)C2)nc2ccccc12.O=CO.O=CO. The molecule has 3 aromatic rings. The van der Waals surface area contributed by atoms with Crippen LogP contribution in [0.25, 0.3) is 10.9 Å². The van der Waals surface area contributed by atoms with Gasteiger partial charge in [0.1, 0.15) is 11.4 Å². The van der Waals surface area contributed by atoms with E-state index in [1.807, 2.05) is 18.2 Å². The fourth-order valence-corrected chi connectivity index (χ4v) is 5.24. The van der Waals surface area contributed by atoms with Gasteiger partial charge in [-0.3, -0.25) is 14.5 Å². The van der Waals surface area contributed by atoms with E-state index >= 15 is 0 Å². The molecule has 0 amide bonds. The third-order valence-electron chi connectivity index (χ3n) is 7.19. The van der Waals surface area contributed by atoms with Gasteiger partial charge in [0.05, 0.1) is 11.6 Å². The molecule has 1 aromatic heterocycles. The van der Waals surface area contributed by atoms with Crippen LogP contribution in [0.1, 0.15) is 17.5 Å². The number of fused-ring (bicyclic) bond motifs is 1. The summed E-state index contributed by atoms with van der Waals surface area (Å²) in [6.07, 6.45) is 0.696. The molecule has 3 heterocycles. The standard InChI is InChI=1S/C26H32N4O.2CH2O2/c1-20-18-25(27-23-11-7-6-10-22(20)23)30-13-12-26(31,21-8-4-3-5-9-21)24(19-30)29-16-14-28(2)15-17-29;2*2-1-3/h3-11,18,24,31H,12-17,19H2,1-2H3;2*1H,(H,2,3)/t24-,26+;;/m1../s1. The van der Waals surface area contributed by atoms with E-state index in [4.69, 9.17) is 24.8 Å². The molecule has 5 rings (SSSR count). The van der Waals surface area contributed by atoms with Gasteiger partial charge in [0.2, 0.25) is 0 Å². The number of aryl methyl sites for hydroxylation is 1. The molecule has 9 heteroatoms. The van der Waals surface area contributed by atoms with E-state index in [1.54, 1.807) is 0 Å². The second-order valence-corrected chi connectivity index (χ2v) is 9.37. The molecule has 9 nitrogen and oxygen atoms in total. The van der Waals surface area contributed by atoms with E-state index in [9.17, 15) is 5.11 Å². The van der Waals surface area contributed by atoms with Gasteiger partial charge >= 0.3 is 0 Å². The molecule has 0 saturated carbocycles. The number of aliphatic hydroxyl groups is 1. The summed E-state index contributed by atoms with van der Waals surface area (Å²) in [5.74, 6) is 1.02. The lowest BCUT2D eigenvalue weighted by molar-refractivity contribution is -0.123. The van der Waals surface area contributed by atoms with Crippen LogP contribution in [0.3, 0.4) is 0 Å². The quantitative estimate of drug-likeness (QED) is 0.459. The van der Waals surface area contributed by atoms with Gasteiger partial charge in [-0.15, -0.1) is 0 Å². The van der Waals surface area contributed by atoms with Crippen molar-refractivity contribution in [1.29, 1.82) is 0 Å². The summed E-state index contributed by atoms with van der Waals surface area (Å²) in [6.45, 7) is 7.27. The van der Waals surface area contributed by atoms with Crippen LogP contribution in [0.2, 0.25) is 0 Å². The van der Waals surface area contributed by atoms with E-state index in [1.165, 1.54) is 10.9 Å². The molecule has 198 valence electrons. The van der Waals surface area contributed by atoms with E-state index in [2.05, 4.69) is 71.1 Å². The number of anilines is 1. The molecule has 2 aliphatic rings. The highest BCUT2D eigenvalue weighted by Gasteiger charge is 2.46. The van der Waals surface area contributed by atoms with E-state index in [-0.39, 0.29) is 19.0 Å². The zero-order chi connectivity index (χ0) is 26.8. The lowest BCUT2D eigenvalue weighted by Crippen LogP contribution is -2.64. The van der Waals surface area contributed by atoms with Crippen LogP contribution in [-0.4, -0.2) is 95.4 Å². The molecule has 2 aliphatic heterocycles. The summed E-state index contributed by atoms with van der Waals surface area (Å²) in [5.41, 5.74) is 2.47. The number of hydrogen-bond acceptors (Lipinski definition) is 7. The number of likely N-dealkylation sites (N-methyl/N-ethyl adjacent to an activating group) is 1. The van der Waals surface area contributed by atoms with Crippen LogP contribution < -0.4 is 4.90 Å². The minimum atomic E-state index is -0.848. The first-order chi connectivity index (χ1) is 17.9. The number of aromatic nitrogens is 1. The number of para-hydroxylation sites is 1. The van der Waals surface area contributed by atoms with Crippen LogP contribution in [0.4, 0.5) is 5.82 Å². The Hall–Kier alpha value is -3.53. The largest absolute Gasteiger partial charge is 0.483 e. The summed E-state index contributed by atoms with van der Waals surface area (Å²) < 4.78 is 0. The van der Waals surface area contributed by atoms with Crippen molar-refractivity contribution in [2.24, 2.45) is 0 Å². The number of piperidine rings is 1. The average molecular weight is 509 g/mol. The Morgan fingerprint density at radius 1 is 0.919 bits per heavy atom. The summed E-state index contributed by atoms with van der Waals surface area (Å²) in [5, 5.41) is 27.0. The predicted molar refractivity (Wildman–Crippen MR) is 144 cm³/mol. The Morgan fingerprint density at radius 2 is 1.51 bits per heavy atom. The maximum absolute atomic E-state index is 12.0. The van der Waals surface area contributed by atoms with Crippen molar-refractivity contribution < 1.29 is 24.9 Å². The minimum Gasteiger partial charge on any atom is -0.483 e. The Balaban J connectivity index is 0.000000580. The number of piperazine rings is 1. The third-order valence-corrected chi connectivity index (χ3v) is 7.19. The number of benzene rings is 2. The summed E-state index contributed by atoms with van der Waals surface area (Å²) in [6, 6.07) is 20.8. The second kappa shape index (κ2) is 13.1. The maximum Gasteiger partial charge on any atom is 0.290 e. The molecule has 0 aliphatic carbocycles. The van der Waals surface area contributed by atoms with Gasteiger partial charge in [-0.1, -0.05) is 48.5 Å². The topological polar surface area (TPSA) is 117 Å². The van der Waals surface area contributed by atoms with Crippen molar-refractivity contribution in [2.75, 3.05) is 51.2 Å². The summed E-state index contributed by atoms with van der Waals surface area (Å²) in [7, 11) is 2.18. The molecule has 0 spiro atoms. The van der Waals surface area contributed by atoms with Crippen LogP contribution in [0.5, 0.6) is 0 Å². The third kappa shape index (κ3) is 6.62. The Kier molecular flexibility index (Phi) is 9.96. The highest BCUT2D eigenvalue weighted by atomic mass is 16.3. The fraction of sp³-hybridized carbons (Fsp3) is 0.393. The minimum absolute atomic E-state index is 0.0333. The molecule has 0 unspecified atom stereocenters. The zero-order valence-corrected chi connectivity index (χ0v) is 21.4. The number of pyridine rings is 1. The van der Waals surface area contributed by atoms with Crippen molar-refractivity contribution in [3.63, 3.8) is 0 Å². The second-order valence-electron chi connectivity index (χ2n) is 9.37. The van der Waals surface area contributed by atoms with Crippen LogP contribution in [-0.2, 0) is 15.2 Å². The van der Waals surface area contributed by atoms with Crippen molar-refractivity contribution in [1.82, 2.24) is 14.8 Å². The highest BCUT2D eigenvalue weighted by molar-refractivity contribution is 5.83. The molecule has 37 heavy (non-hydrogen) atoms. The molecule has 2 saturated heterocycles. The van der Waals surface area contributed by atoms with E-state index in [0.717, 1.165) is 56.2 Å². The smallest absolute Gasteiger partial charge is 0.290 e. The van der Waals surface area contributed by atoms with Gasteiger partial charge in [-0.25, -0.2) is 4.98 Å². The van der Waals surface area contributed by atoms with Gasteiger partial charge in [-0.2, -0.15) is 0 Å². The number of carbonyl (C=O) groups is 2. The van der Waals surface area contributed by atoms with Gasteiger partial charge in [-0.05, 0) is 43.7 Å². The zero-order valence-electron chi connectivity index (χ0n) is 21.4. The normalized spacial score (nSPS) is 22.2. The highest BCUT2D eigenvalue weighted by Crippen LogP contribution is 2.38. The molecular weight excluding hydrogens is 472 g/mol. The monoisotopic (exact) mass is 508 g/mol. The number of rotatable bonds is 3. The Bertz CT molecular complexity index is 1150. The lowest BCUT2D eigenvalue weighted by Gasteiger charge is -2.51. The Morgan fingerprint density at radius 3 is 2.16 bits per heavy atom. The van der Waals surface area contributed by atoms with Gasteiger partial charge in [0.25, 0.3) is 12.9 Å². The lowest BCUT2D eigenvalue weighted by atomic mass is 9.79. The Labute approximate surface area is 217 Å². The molecule has 2 fully saturated rings. The first kappa shape index (κ1) is 28.0. The first-order valence-electron chi connectivity index (χ1n) is 12.4. The van der Waals surface area contributed by atoms with Crippen molar-refractivity contribution >= 4 is 29.7 Å². The summed E-state index contributed by atoms with van der Waals surface area (Å²) >= 11 is 0. The van der Waals surface area contributed by atoms with Crippen molar-refractivity contribution in [3.8, 4) is 0 Å². The first-order valence-corrected chi connectivity index (χ1v) is 12.4. The fourth-order valence-electron chi connectivity index (χ4n) is 5.24. The molecule has 0 radical (unpaired) electrons. The van der Waals surface area contributed by atoms with E-state index in [0.29, 0.717) is 6.42 Å². The molecule has 0 bridgehead atoms. The van der Waals surface area contributed by atoms with Gasteiger partial charge < -0.3 is 25.1 Å². The van der Waals surface area contributed by atoms with Gasteiger partial charge in [0, 0.05) is 44.7 Å². The van der Waals surface area contributed by atoms with Crippen LogP contribution in [0, 0.1) is 6.92 Å². The van der Waals surface area contributed by atoms with Crippen molar-refractivity contribution in [2.45, 2.75) is 25.0 Å². The molecular formula is C28H36N4O5. The molecule has 2 atom stereocenters. The van der Waals surface area contributed by atoms with Gasteiger partial charge in [0.15, 0.2) is 0 Å². The molecule has 3 N–H and O–H groups in total. The maximum atomic E-state index is 12.0. The summed E-state index contributed by atoms with van der Waals surface area (Å²) in [4.78, 5) is 28.9. The van der Waals surface area contributed by atoms with Crippen molar-refractivity contribution in [3.05, 3.63) is 71.8 Å².